The van der Waals surface area contributed by atoms with Crippen molar-refractivity contribution < 1.29 is 18.8 Å². The van der Waals surface area contributed by atoms with E-state index >= 15 is 0 Å². The molecule has 9 heteroatoms. The van der Waals surface area contributed by atoms with E-state index in [4.69, 9.17) is 17.0 Å². The molecule has 0 aliphatic rings. The van der Waals surface area contributed by atoms with E-state index in [0.717, 1.165) is 0 Å². The van der Waals surface area contributed by atoms with Crippen LogP contribution < -0.4 is 10.6 Å². The van der Waals surface area contributed by atoms with Crippen LogP contribution in [0.15, 0.2) is 42.5 Å². The molecule has 2 aromatic rings. The maximum absolute atomic E-state index is 13.5. The molecule has 0 spiro atoms. The molecule has 0 radical (unpaired) electrons. The van der Waals surface area contributed by atoms with E-state index in [1.807, 2.05) is 0 Å². The Morgan fingerprint density at radius 2 is 2.00 bits per heavy atom. The molecule has 2 aromatic carbocycles. The molecule has 0 aliphatic carbocycles. The fraction of sp³-hybridized carbons (Fsp3) is 0.176. The van der Waals surface area contributed by atoms with Crippen molar-refractivity contribution in [2.75, 3.05) is 11.9 Å². The van der Waals surface area contributed by atoms with E-state index in [0.29, 0.717) is 11.1 Å². The van der Waals surface area contributed by atoms with Crippen molar-refractivity contribution in [3.63, 3.8) is 0 Å². The summed E-state index contributed by atoms with van der Waals surface area (Å²) in [7, 11) is 0. The van der Waals surface area contributed by atoms with E-state index in [-0.39, 0.29) is 28.9 Å². The van der Waals surface area contributed by atoms with Crippen LogP contribution in [0.3, 0.4) is 0 Å². The van der Waals surface area contributed by atoms with Crippen LogP contribution in [-0.4, -0.2) is 22.6 Å². The lowest BCUT2D eigenvalue weighted by Gasteiger charge is -2.12. The van der Waals surface area contributed by atoms with Gasteiger partial charge in [-0.1, -0.05) is 24.3 Å². The molecule has 136 valence electrons. The quantitative estimate of drug-likeness (QED) is 0.457. The summed E-state index contributed by atoms with van der Waals surface area (Å²) in [6, 6.07) is 10.5. The van der Waals surface area contributed by atoms with Crippen molar-refractivity contribution in [1.29, 1.82) is 0 Å². The van der Waals surface area contributed by atoms with Crippen molar-refractivity contribution in [3.8, 4) is 0 Å². The number of nitro benzene ring substituents is 1. The molecule has 0 atom stereocenters. The van der Waals surface area contributed by atoms with E-state index in [1.54, 1.807) is 25.1 Å². The van der Waals surface area contributed by atoms with Gasteiger partial charge in [0.05, 0.1) is 4.92 Å². The van der Waals surface area contributed by atoms with Crippen LogP contribution in [0.2, 0.25) is 0 Å². The Labute approximate surface area is 154 Å². The summed E-state index contributed by atoms with van der Waals surface area (Å²) in [5.74, 6) is -0.912. The van der Waals surface area contributed by atoms with Crippen LogP contribution in [0, 0.1) is 22.9 Å². The number of ether oxygens (including phenoxy) is 1. The molecule has 0 heterocycles. The normalized spacial score (nSPS) is 10.1. The monoisotopic (exact) mass is 377 g/mol. The molecule has 0 aromatic heterocycles. The summed E-state index contributed by atoms with van der Waals surface area (Å²) >= 11 is 4.96. The number of anilines is 1. The Hall–Kier alpha value is -3.07. The molecule has 0 saturated heterocycles. The summed E-state index contributed by atoms with van der Waals surface area (Å²) in [5.41, 5.74) is 1.06. The number of halogens is 1. The predicted octanol–water partition coefficient (Wildman–Crippen LogP) is 3.07. The number of benzene rings is 2. The second kappa shape index (κ2) is 8.86. The van der Waals surface area contributed by atoms with Gasteiger partial charge < -0.3 is 15.4 Å². The lowest BCUT2D eigenvalue weighted by molar-refractivity contribution is -0.383. The lowest BCUT2D eigenvalue weighted by atomic mass is 10.1. The Morgan fingerprint density at radius 3 is 2.73 bits per heavy atom. The summed E-state index contributed by atoms with van der Waals surface area (Å²) < 4.78 is 18.6. The molecule has 0 saturated carbocycles. The fourth-order valence-electron chi connectivity index (χ4n) is 2.12. The van der Waals surface area contributed by atoms with E-state index in [2.05, 4.69) is 10.6 Å². The first kappa shape index (κ1) is 19.3. The highest BCUT2D eigenvalue weighted by Crippen LogP contribution is 2.22. The standard InChI is InChI=1S/C17H16FN3O4S/c1-11-12(5-4-6-13(11)18)9-19-17(26)25-10-16(22)20-14-7-2-3-8-15(14)21(23)24/h2-8H,9-10H2,1H3,(H,19,26)(H,20,22). The van der Waals surface area contributed by atoms with E-state index in [9.17, 15) is 19.3 Å². The minimum absolute atomic E-state index is 0.0358. The van der Waals surface area contributed by atoms with Gasteiger partial charge >= 0.3 is 0 Å². The lowest BCUT2D eigenvalue weighted by Crippen LogP contribution is -2.28. The number of thiocarbonyl (C=S) groups is 1. The van der Waals surface area contributed by atoms with Crippen LogP contribution in [0.25, 0.3) is 0 Å². The third kappa shape index (κ3) is 5.21. The van der Waals surface area contributed by atoms with Crippen molar-refractivity contribution in [2.24, 2.45) is 0 Å². The number of nitro groups is 1. The van der Waals surface area contributed by atoms with Crippen molar-refractivity contribution in [3.05, 3.63) is 69.5 Å². The first-order valence-electron chi connectivity index (χ1n) is 7.56. The molecular weight excluding hydrogens is 361 g/mol. The summed E-state index contributed by atoms with van der Waals surface area (Å²) in [6.45, 7) is 1.48. The third-order valence-corrected chi connectivity index (χ3v) is 3.77. The highest BCUT2D eigenvalue weighted by molar-refractivity contribution is 7.80. The van der Waals surface area contributed by atoms with Gasteiger partial charge in [-0.05, 0) is 42.4 Å². The van der Waals surface area contributed by atoms with Gasteiger partial charge in [0.25, 0.3) is 16.8 Å². The van der Waals surface area contributed by atoms with Crippen LogP contribution in [-0.2, 0) is 16.1 Å². The van der Waals surface area contributed by atoms with Gasteiger partial charge in [-0.15, -0.1) is 0 Å². The van der Waals surface area contributed by atoms with Gasteiger partial charge in [0.1, 0.15) is 11.5 Å². The second-order valence-corrected chi connectivity index (χ2v) is 5.65. The number of amides is 1. The molecule has 1 amide bonds. The van der Waals surface area contributed by atoms with Crippen LogP contribution >= 0.6 is 12.2 Å². The van der Waals surface area contributed by atoms with Crippen molar-refractivity contribution in [1.82, 2.24) is 5.32 Å². The van der Waals surface area contributed by atoms with Crippen molar-refractivity contribution >= 4 is 34.7 Å². The zero-order chi connectivity index (χ0) is 19.1. The average Bonchev–Trinajstić information content (AvgIpc) is 2.61. The first-order valence-corrected chi connectivity index (χ1v) is 7.97. The van der Waals surface area contributed by atoms with Gasteiger partial charge in [-0.2, -0.15) is 0 Å². The number of hydrogen-bond acceptors (Lipinski definition) is 5. The zero-order valence-corrected chi connectivity index (χ0v) is 14.6. The number of carbonyl (C=O) groups is 1. The smallest absolute Gasteiger partial charge is 0.292 e. The average molecular weight is 377 g/mol. The van der Waals surface area contributed by atoms with Gasteiger partial charge in [-0.25, -0.2) is 4.39 Å². The van der Waals surface area contributed by atoms with E-state index in [1.165, 1.54) is 24.3 Å². The van der Waals surface area contributed by atoms with Crippen LogP contribution in [0.4, 0.5) is 15.8 Å². The maximum Gasteiger partial charge on any atom is 0.292 e. The fourth-order valence-corrected chi connectivity index (χ4v) is 2.25. The highest BCUT2D eigenvalue weighted by atomic mass is 32.1. The molecule has 2 rings (SSSR count). The topological polar surface area (TPSA) is 93.5 Å². The largest absolute Gasteiger partial charge is 0.461 e. The second-order valence-electron chi connectivity index (χ2n) is 5.28. The van der Waals surface area contributed by atoms with Crippen LogP contribution in [0.5, 0.6) is 0 Å². The number of para-hydroxylation sites is 2. The summed E-state index contributed by atoms with van der Waals surface area (Å²) in [6.07, 6.45) is 0. The molecule has 7 nitrogen and oxygen atoms in total. The zero-order valence-electron chi connectivity index (χ0n) is 13.8. The Balaban J connectivity index is 1.83. The minimum atomic E-state index is -0.593. The minimum Gasteiger partial charge on any atom is -0.461 e. The van der Waals surface area contributed by atoms with Crippen molar-refractivity contribution in [2.45, 2.75) is 13.5 Å². The van der Waals surface area contributed by atoms with Crippen LogP contribution in [0.1, 0.15) is 11.1 Å². The molecule has 0 bridgehead atoms. The Kier molecular flexibility index (Phi) is 6.56. The SMILES string of the molecule is Cc1c(F)cccc1CNC(=S)OCC(=O)Nc1ccccc1[N+](=O)[O-]. The Morgan fingerprint density at radius 1 is 1.27 bits per heavy atom. The number of rotatable bonds is 6. The summed E-state index contributed by atoms with van der Waals surface area (Å²) in [4.78, 5) is 22.2. The molecule has 26 heavy (non-hydrogen) atoms. The molecular formula is C17H16FN3O4S. The Bertz CT molecular complexity index is 845. The molecule has 0 aliphatic heterocycles. The highest BCUT2D eigenvalue weighted by Gasteiger charge is 2.15. The number of hydrogen-bond donors (Lipinski definition) is 2. The molecule has 2 N–H and O–H groups in total. The van der Waals surface area contributed by atoms with Gasteiger partial charge in [0.15, 0.2) is 6.61 Å². The van der Waals surface area contributed by atoms with Gasteiger partial charge in [0, 0.05) is 12.6 Å². The maximum atomic E-state index is 13.5. The first-order chi connectivity index (χ1) is 12.4. The number of carbonyl (C=O) groups excluding carboxylic acids is 1. The summed E-state index contributed by atoms with van der Waals surface area (Å²) in [5, 5.41) is 16.0. The molecule has 0 fully saturated rings. The number of nitrogens with zero attached hydrogens (tertiary/aromatic N) is 1. The number of nitrogens with one attached hydrogen (secondary N) is 2. The molecule has 0 unspecified atom stereocenters. The van der Waals surface area contributed by atoms with Gasteiger partial charge in [-0.3, -0.25) is 14.9 Å². The van der Waals surface area contributed by atoms with Gasteiger partial charge in [0.2, 0.25) is 0 Å². The third-order valence-electron chi connectivity index (χ3n) is 3.51. The van der Waals surface area contributed by atoms with E-state index < -0.39 is 17.4 Å². The predicted molar refractivity (Wildman–Crippen MR) is 98.3 cm³/mol.